The predicted molar refractivity (Wildman–Crippen MR) is 76.9 cm³/mol. The summed E-state index contributed by atoms with van der Waals surface area (Å²) in [5.41, 5.74) is 1.04. The molecule has 0 aliphatic rings. The molecule has 0 aromatic heterocycles. The van der Waals surface area contributed by atoms with Gasteiger partial charge in [0.05, 0.1) is 20.8 Å². The zero-order valence-electron chi connectivity index (χ0n) is 11.6. The van der Waals surface area contributed by atoms with Crippen molar-refractivity contribution in [3.63, 3.8) is 0 Å². The van der Waals surface area contributed by atoms with Gasteiger partial charge in [-0.15, -0.1) is 0 Å². The second kappa shape index (κ2) is 6.70. The van der Waals surface area contributed by atoms with Crippen molar-refractivity contribution < 1.29 is 19.3 Å². The molecule has 0 atom stereocenters. The summed E-state index contributed by atoms with van der Waals surface area (Å²) in [5.74, 6) is 2.05. The minimum atomic E-state index is 0.141. The minimum absolute atomic E-state index is 0.141. The second-order valence-corrected chi connectivity index (χ2v) is 4.26. The number of methoxy groups -OCH3 is 2. The van der Waals surface area contributed by atoms with Crippen LogP contribution in [0.3, 0.4) is 0 Å². The number of benzene rings is 2. The summed E-state index contributed by atoms with van der Waals surface area (Å²) in [6.07, 6.45) is 0.717. The highest BCUT2D eigenvalue weighted by Crippen LogP contribution is 2.28. The standard InChI is InChI=1S/C16H18O4/c1-18-14-5-3-4-6-15(14)20-10-9-12-7-8-13(17)16(11-12)19-2/h3-8,11,17H,9-10H2,1-2H3. The highest BCUT2D eigenvalue weighted by atomic mass is 16.5. The molecule has 0 aliphatic carbocycles. The minimum Gasteiger partial charge on any atom is -0.504 e. The highest BCUT2D eigenvalue weighted by molar-refractivity contribution is 5.42. The summed E-state index contributed by atoms with van der Waals surface area (Å²) < 4.78 is 16.0. The number of para-hydroxylation sites is 2. The van der Waals surface area contributed by atoms with Gasteiger partial charge >= 0.3 is 0 Å². The van der Waals surface area contributed by atoms with E-state index < -0.39 is 0 Å². The van der Waals surface area contributed by atoms with Gasteiger partial charge in [-0.3, -0.25) is 0 Å². The van der Waals surface area contributed by atoms with Gasteiger partial charge in [-0.1, -0.05) is 18.2 Å². The normalized spacial score (nSPS) is 10.1. The van der Waals surface area contributed by atoms with E-state index in [-0.39, 0.29) is 5.75 Å². The van der Waals surface area contributed by atoms with Gasteiger partial charge in [0, 0.05) is 6.42 Å². The Hall–Kier alpha value is -2.36. The Morgan fingerprint density at radius 1 is 0.900 bits per heavy atom. The molecule has 106 valence electrons. The Labute approximate surface area is 118 Å². The van der Waals surface area contributed by atoms with Crippen molar-refractivity contribution in [1.29, 1.82) is 0 Å². The Bertz CT molecular complexity index is 566. The lowest BCUT2D eigenvalue weighted by Crippen LogP contribution is -2.02. The molecular weight excluding hydrogens is 256 g/mol. The van der Waals surface area contributed by atoms with Crippen LogP contribution >= 0.6 is 0 Å². The largest absolute Gasteiger partial charge is 0.504 e. The summed E-state index contributed by atoms with van der Waals surface area (Å²) in [5, 5.41) is 9.53. The van der Waals surface area contributed by atoms with E-state index in [0.29, 0.717) is 18.8 Å². The van der Waals surface area contributed by atoms with E-state index in [1.807, 2.05) is 30.3 Å². The molecule has 0 saturated carbocycles. The molecule has 0 radical (unpaired) electrons. The lowest BCUT2D eigenvalue weighted by Gasteiger charge is -2.11. The molecule has 0 unspecified atom stereocenters. The second-order valence-electron chi connectivity index (χ2n) is 4.26. The van der Waals surface area contributed by atoms with Gasteiger partial charge in [-0.25, -0.2) is 0 Å². The van der Waals surface area contributed by atoms with Crippen LogP contribution in [0.1, 0.15) is 5.56 Å². The smallest absolute Gasteiger partial charge is 0.161 e. The summed E-state index contributed by atoms with van der Waals surface area (Å²) in [4.78, 5) is 0. The maximum atomic E-state index is 9.53. The lowest BCUT2D eigenvalue weighted by atomic mass is 10.1. The van der Waals surface area contributed by atoms with Gasteiger partial charge in [0.1, 0.15) is 0 Å². The summed E-state index contributed by atoms with van der Waals surface area (Å²) in [7, 11) is 3.15. The molecule has 2 rings (SSSR count). The highest BCUT2D eigenvalue weighted by Gasteiger charge is 2.05. The Kier molecular flexibility index (Phi) is 4.71. The fraction of sp³-hybridized carbons (Fsp3) is 0.250. The topological polar surface area (TPSA) is 47.9 Å². The SMILES string of the molecule is COc1cc(CCOc2ccccc2OC)ccc1O. The lowest BCUT2D eigenvalue weighted by molar-refractivity contribution is 0.297. The monoisotopic (exact) mass is 274 g/mol. The molecule has 0 aliphatic heterocycles. The molecule has 2 aromatic carbocycles. The molecule has 0 bridgehead atoms. The van der Waals surface area contributed by atoms with Crippen LogP contribution in [-0.4, -0.2) is 25.9 Å². The molecular formula is C16H18O4. The van der Waals surface area contributed by atoms with E-state index in [4.69, 9.17) is 14.2 Å². The molecule has 0 heterocycles. The van der Waals surface area contributed by atoms with E-state index in [0.717, 1.165) is 17.1 Å². The zero-order chi connectivity index (χ0) is 14.4. The maximum absolute atomic E-state index is 9.53. The number of hydrogen-bond donors (Lipinski definition) is 1. The molecule has 20 heavy (non-hydrogen) atoms. The number of phenolic OH excluding ortho intramolecular Hbond substituents is 1. The van der Waals surface area contributed by atoms with Crippen molar-refractivity contribution in [3.05, 3.63) is 48.0 Å². The van der Waals surface area contributed by atoms with Gasteiger partial charge < -0.3 is 19.3 Å². The Balaban J connectivity index is 1.96. The van der Waals surface area contributed by atoms with Crippen molar-refractivity contribution in [2.45, 2.75) is 6.42 Å². The number of aromatic hydroxyl groups is 1. The zero-order valence-corrected chi connectivity index (χ0v) is 11.6. The van der Waals surface area contributed by atoms with Gasteiger partial charge in [0.25, 0.3) is 0 Å². The molecule has 4 nitrogen and oxygen atoms in total. The van der Waals surface area contributed by atoms with Crippen molar-refractivity contribution in [2.24, 2.45) is 0 Å². The van der Waals surface area contributed by atoms with E-state index in [9.17, 15) is 5.11 Å². The summed E-state index contributed by atoms with van der Waals surface area (Å²) in [6, 6.07) is 12.8. The molecule has 1 N–H and O–H groups in total. The molecule has 0 amide bonds. The number of ether oxygens (including phenoxy) is 3. The molecule has 4 heteroatoms. The van der Waals surface area contributed by atoms with Crippen LogP contribution in [0.2, 0.25) is 0 Å². The average Bonchev–Trinajstić information content (AvgIpc) is 2.49. The van der Waals surface area contributed by atoms with Crippen molar-refractivity contribution in [2.75, 3.05) is 20.8 Å². The van der Waals surface area contributed by atoms with Crippen LogP contribution < -0.4 is 14.2 Å². The van der Waals surface area contributed by atoms with Crippen LogP contribution in [0.4, 0.5) is 0 Å². The first-order valence-corrected chi connectivity index (χ1v) is 6.36. The molecule has 0 saturated heterocycles. The maximum Gasteiger partial charge on any atom is 0.161 e. The quantitative estimate of drug-likeness (QED) is 0.879. The van der Waals surface area contributed by atoms with Crippen LogP contribution in [0.5, 0.6) is 23.0 Å². The third kappa shape index (κ3) is 3.35. The van der Waals surface area contributed by atoms with Gasteiger partial charge in [-0.2, -0.15) is 0 Å². The van der Waals surface area contributed by atoms with E-state index >= 15 is 0 Å². The predicted octanol–water partition coefficient (Wildman–Crippen LogP) is 3.03. The fourth-order valence-electron chi connectivity index (χ4n) is 1.89. The van der Waals surface area contributed by atoms with E-state index in [1.165, 1.54) is 7.11 Å². The fourth-order valence-corrected chi connectivity index (χ4v) is 1.89. The Morgan fingerprint density at radius 2 is 1.60 bits per heavy atom. The number of rotatable bonds is 6. The van der Waals surface area contributed by atoms with Crippen LogP contribution in [0.15, 0.2) is 42.5 Å². The molecule has 0 fully saturated rings. The van der Waals surface area contributed by atoms with Gasteiger partial charge in [-0.05, 0) is 29.8 Å². The van der Waals surface area contributed by atoms with E-state index in [2.05, 4.69) is 0 Å². The number of hydrogen-bond acceptors (Lipinski definition) is 4. The summed E-state index contributed by atoms with van der Waals surface area (Å²) >= 11 is 0. The average molecular weight is 274 g/mol. The van der Waals surface area contributed by atoms with Crippen molar-refractivity contribution in [3.8, 4) is 23.0 Å². The van der Waals surface area contributed by atoms with Crippen molar-refractivity contribution >= 4 is 0 Å². The third-order valence-corrected chi connectivity index (χ3v) is 2.96. The first-order valence-electron chi connectivity index (χ1n) is 6.36. The van der Waals surface area contributed by atoms with Crippen molar-refractivity contribution in [1.82, 2.24) is 0 Å². The van der Waals surface area contributed by atoms with Gasteiger partial charge in [0.15, 0.2) is 23.0 Å². The Morgan fingerprint density at radius 3 is 2.30 bits per heavy atom. The first kappa shape index (κ1) is 14.1. The first-order chi connectivity index (χ1) is 9.74. The number of phenols is 1. The van der Waals surface area contributed by atoms with Crippen LogP contribution in [0, 0.1) is 0 Å². The van der Waals surface area contributed by atoms with Crippen LogP contribution in [-0.2, 0) is 6.42 Å². The third-order valence-electron chi connectivity index (χ3n) is 2.96. The van der Waals surface area contributed by atoms with Gasteiger partial charge in [0.2, 0.25) is 0 Å². The molecule has 2 aromatic rings. The molecule has 0 spiro atoms. The summed E-state index contributed by atoms with van der Waals surface area (Å²) in [6.45, 7) is 0.522. The van der Waals surface area contributed by atoms with E-state index in [1.54, 1.807) is 19.2 Å². The van der Waals surface area contributed by atoms with Crippen LogP contribution in [0.25, 0.3) is 0 Å².